The summed E-state index contributed by atoms with van der Waals surface area (Å²) in [7, 11) is 1.96. The first-order valence-corrected chi connectivity index (χ1v) is 7.04. The van der Waals surface area contributed by atoms with Crippen LogP contribution in [0.15, 0.2) is 23.1 Å². The Morgan fingerprint density at radius 1 is 1.17 bits per heavy atom. The summed E-state index contributed by atoms with van der Waals surface area (Å²) in [5.41, 5.74) is 6.54. The molecule has 0 heterocycles. The Kier molecular flexibility index (Phi) is 4.55. The Morgan fingerprint density at radius 2 is 1.78 bits per heavy atom. The lowest BCUT2D eigenvalue weighted by Crippen LogP contribution is -2.30. The number of rotatable bonds is 5. The number of nitrogens with two attached hydrogens (primary N) is 2. The number of hydrogen-bond donors (Lipinski definition) is 2. The van der Waals surface area contributed by atoms with Crippen molar-refractivity contribution >= 4 is 21.4 Å². The van der Waals surface area contributed by atoms with Gasteiger partial charge in [0.25, 0.3) is 0 Å². The second kappa shape index (κ2) is 5.55. The summed E-state index contributed by atoms with van der Waals surface area (Å²) >= 11 is 0. The van der Waals surface area contributed by atoms with Gasteiger partial charge in [-0.1, -0.05) is 0 Å². The minimum atomic E-state index is -3.77. The molecule has 0 atom stereocenters. The smallest absolute Gasteiger partial charge is 0.240 e. The first kappa shape index (κ1) is 14.7. The molecule has 0 radical (unpaired) electrons. The van der Waals surface area contributed by atoms with Crippen molar-refractivity contribution < 1.29 is 8.42 Å². The molecule has 0 amide bonds. The molecule has 0 bridgehead atoms. The number of sulfonamides is 1. The van der Waals surface area contributed by atoms with Crippen LogP contribution in [-0.2, 0) is 10.0 Å². The lowest BCUT2D eigenvalue weighted by Gasteiger charge is -2.23. The topological polar surface area (TPSA) is 92.7 Å². The normalized spacial score (nSPS) is 11.8. The average molecular weight is 272 g/mol. The predicted octanol–water partition coefficient (Wildman–Crippen LogP) is -0.0860. The summed E-state index contributed by atoms with van der Waals surface area (Å²) in [6, 6.07) is 4.72. The van der Waals surface area contributed by atoms with Gasteiger partial charge in [0.2, 0.25) is 10.0 Å². The fraction of sp³-hybridized carbons (Fsp3) is 0.455. The van der Waals surface area contributed by atoms with E-state index in [-0.39, 0.29) is 4.90 Å². The zero-order chi connectivity index (χ0) is 13.9. The number of primary sulfonamides is 1. The highest BCUT2D eigenvalue weighted by Crippen LogP contribution is 2.25. The van der Waals surface area contributed by atoms with Gasteiger partial charge < -0.3 is 15.5 Å². The summed E-state index contributed by atoms with van der Waals surface area (Å²) < 4.78 is 23.1. The Balaban J connectivity index is 3.08. The Morgan fingerprint density at radius 3 is 2.28 bits per heavy atom. The summed E-state index contributed by atoms with van der Waals surface area (Å²) in [5.74, 6) is 0. The van der Waals surface area contributed by atoms with Gasteiger partial charge in [-0.2, -0.15) is 0 Å². The maximum Gasteiger partial charge on any atom is 0.240 e. The molecule has 0 aliphatic heterocycles. The van der Waals surface area contributed by atoms with Crippen molar-refractivity contribution in [1.82, 2.24) is 4.90 Å². The van der Waals surface area contributed by atoms with E-state index >= 15 is 0 Å². The number of anilines is 2. The van der Waals surface area contributed by atoms with Gasteiger partial charge in [0, 0.05) is 25.8 Å². The maximum atomic E-state index is 11.5. The largest absolute Gasteiger partial charge is 0.399 e. The number of hydrogen-bond acceptors (Lipinski definition) is 5. The van der Waals surface area contributed by atoms with Crippen molar-refractivity contribution in [2.45, 2.75) is 4.90 Å². The van der Waals surface area contributed by atoms with Gasteiger partial charge in [0.05, 0.1) is 5.69 Å². The van der Waals surface area contributed by atoms with Gasteiger partial charge >= 0.3 is 0 Å². The first-order chi connectivity index (χ1) is 8.21. The zero-order valence-electron chi connectivity index (χ0n) is 10.9. The highest BCUT2D eigenvalue weighted by molar-refractivity contribution is 7.89. The molecule has 18 heavy (non-hydrogen) atoms. The minimum Gasteiger partial charge on any atom is -0.399 e. The van der Waals surface area contributed by atoms with Crippen LogP contribution in [-0.4, -0.2) is 47.6 Å². The van der Waals surface area contributed by atoms with Crippen LogP contribution in [0.4, 0.5) is 11.4 Å². The average Bonchev–Trinajstić information content (AvgIpc) is 2.24. The molecule has 0 aliphatic rings. The second-order valence-electron chi connectivity index (χ2n) is 4.50. The molecule has 1 aromatic rings. The van der Waals surface area contributed by atoms with Crippen molar-refractivity contribution in [2.75, 3.05) is 44.9 Å². The monoisotopic (exact) mass is 272 g/mol. The van der Waals surface area contributed by atoms with E-state index in [1.165, 1.54) is 6.07 Å². The van der Waals surface area contributed by atoms with Crippen LogP contribution in [0.1, 0.15) is 0 Å². The first-order valence-electron chi connectivity index (χ1n) is 5.50. The minimum absolute atomic E-state index is 0.0590. The zero-order valence-corrected chi connectivity index (χ0v) is 11.7. The van der Waals surface area contributed by atoms with Gasteiger partial charge in [-0.25, -0.2) is 13.6 Å². The van der Waals surface area contributed by atoms with Crippen LogP contribution >= 0.6 is 0 Å². The molecular formula is C11H20N4O2S. The third kappa shape index (κ3) is 3.86. The van der Waals surface area contributed by atoms with E-state index in [9.17, 15) is 8.42 Å². The molecule has 0 aromatic heterocycles. The summed E-state index contributed by atoms with van der Waals surface area (Å²) in [4.78, 5) is 3.92. The number of likely N-dealkylation sites (N-methyl/N-ethyl adjacent to an activating group) is 2. The van der Waals surface area contributed by atoms with Gasteiger partial charge in [0.1, 0.15) is 4.90 Å². The summed E-state index contributed by atoms with van der Waals surface area (Å²) in [6.45, 7) is 1.50. The van der Waals surface area contributed by atoms with E-state index in [2.05, 4.69) is 0 Å². The van der Waals surface area contributed by atoms with Crippen LogP contribution in [0.5, 0.6) is 0 Å². The second-order valence-corrected chi connectivity index (χ2v) is 6.03. The molecule has 102 valence electrons. The summed E-state index contributed by atoms with van der Waals surface area (Å²) in [5, 5.41) is 5.20. The lowest BCUT2D eigenvalue weighted by atomic mass is 10.2. The highest BCUT2D eigenvalue weighted by atomic mass is 32.2. The van der Waals surface area contributed by atoms with Crippen molar-refractivity contribution in [3.05, 3.63) is 18.2 Å². The van der Waals surface area contributed by atoms with Crippen LogP contribution < -0.4 is 15.8 Å². The molecule has 0 saturated heterocycles. The molecule has 0 aliphatic carbocycles. The molecule has 1 rings (SSSR count). The molecule has 1 aromatic carbocycles. The molecule has 0 fully saturated rings. The Bertz CT molecular complexity index is 514. The van der Waals surface area contributed by atoms with E-state index in [4.69, 9.17) is 10.9 Å². The van der Waals surface area contributed by atoms with Crippen molar-refractivity contribution in [3.63, 3.8) is 0 Å². The van der Waals surface area contributed by atoms with Crippen LogP contribution in [0.2, 0.25) is 0 Å². The maximum absolute atomic E-state index is 11.5. The van der Waals surface area contributed by atoms with Crippen molar-refractivity contribution in [3.8, 4) is 0 Å². The number of nitrogens with zero attached hydrogens (tertiary/aromatic N) is 2. The van der Waals surface area contributed by atoms with Crippen LogP contribution in [0.25, 0.3) is 0 Å². The molecule has 4 N–H and O–H groups in total. The summed E-state index contributed by atoms with van der Waals surface area (Å²) in [6.07, 6.45) is 0. The van der Waals surface area contributed by atoms with Gasteiger partial charge in [-0.05, 0) is 32.3 Å². The standard InChI is InChI=1S/C11H20N4O2S/c1-14(2)6-7-15(3)10-5-4-9(12)8-11(10)18(13,16)17/h4-5,8H,6-7,12H2,1-3H3,(H2,13,16,17). The third-order valence-electron chi connectivity index (χ3n) is 2.58. The number of benzene rings is 1. The molecule has 0 saturated carbocycles. The Hall–Kier alpha value is -1.31. The van der Waals surface area contributed by atoms with E-state index in [1.54, 1.807) is 12.1 Å². The molecule has 0 unspecified atom stereocenters. The van der Waals surface area contributed by atoms with E-state index in [1.807, 2.05) is 30.9 Å². The van der Waals surface area contributed by atoms with E-state index in [0.29, 0.717) is 17.9 Å². The van der Waals surface area contributed by atoms with Gasteiger partial charge in [0.15, 0.2) is 0 Å². The fourth-order valence-corrected chi connectivity index (χ4v) is 2.36. The van der Waals surface area contributed by atoms with Crippen LogP contribution in [0.3, 0.4) is 0 Å². The fourth-order valence-electron chi connectivity index (χ4n) is 1.54. The third-order valence-corrected chi connectivity index (χ3v) is 3.52. The molecule has 7 heteroatoms. The molecule has 6 nitrogen and oxygen atoms in total. The quantitative estimate of drug-likeness (QED) is 0.731. The predicted molar refractivity (Wildman–Crippen MR) is 74.1 cm³/mol. The van der Waals surface area contributed by atoms with Crippen LogP contribution in [0, 0.1) is 0 Å². The lowest BCUT2D eigenvalue weighted by molar-refractivity contribution is 0.416. The van der Waals surface area contributed by atoms with E-state index in [0.717, 1.165) is 6.54 Å². The van der Waals surface area contributed by atoms with Gasteiger partial charge in [-0.15, -0.1) is 0 Å². The molecular weight excluding hydrogens is 252 g/mol. The molecule has 0 spiro atoms. The Labute approximate surface area is 108 Å². The van der Waals surface area contributed by atoms with Crippen molar-refractivity contribution in [2.24, 2.45) is 5.14 Å². The van der Waals surface area contributed by atoms with Gasteiger partial charge in [-0.3, -0.25) is 0 Å². The highest BCUT2D eigenvalue weighted by Gasteiger charge is 2.17. The van der Waals surface area contributed by atoms with Crippen molar-refractivity contribution in [1.29, 1.82) is 0 Å². The van der Waals surface area contributed by atoms with E-state index < -0.39 is 10.0 Å². The SMILES string of the molecule is CN(C)CCN(C)c1ccc(N)cc1S(N)(=O)=O. The number of nitrogen functional groups attached to an aromatic ring is 1.